The van der Waals surface area contributed by atoms with Crippen LogP contribution in [0, 0.1) is 5.92 Å². The van der Waals surface area contributed by atoms with Gasteiger partial charge in [0.25, 0.3) is 0 Å². The first-order valence-electron chi connectivity index (χ1n) is 5.20. The zero-order valence-corrected chi connectivity index (χ0v) is 9.23. The SMILES string of the molecule is C[Si-](C)C1(C2CCCCC2)CO1. The molecule has 1 nitrogen and oxygen atoms in total. The van der Waals surface area contributed by atoms with Crippen molar-refractivity contribution in [2.75, 3.05) is 6.61 Å². The molecule has 0 radical (unpaired) electrons. The molecule has 1 saturated carbocycles. The van der Waals surface area contributed by atoms with Crippen LogP contribution in [-0.2, 0) is 4.74 Å². The lowest BCUT2D eigenvalue weighted by molar-refractivity contribution is 0.232. The molecule has 0 aromatic heterocycles. The Kier molecular flexibility index (Phi) is 2.30. The molecule has 2 rings (SSSR count). The standard InChI is InChI=1S/C10H19OSi/c1-12(2)10(8-11-10)9-6-4-3-5-7-9/h9H,3-8H2,1-2H3/q-1. The van der Waals surface area contributed by atoms with Gasteiger partial charge in [-0.05, 0) is 11.1 Å². The van der Waals surface area contributed by atoms with E-state index in [4.69, 9.17) is 4.74 Å². The zero-order valence-electron chi connectivity index (χ0n) is 8.23. The van der Waals surface area contributed by atoms with Crippen molar-refractivity contribution in [1.29, 1.82) is 0 Å². The minimum atomic E-state index is -0.221. The van der Waals surface area contributed by atoms with Gasteiger partial charge in [0, 0.05) is 6.61 Å². The second kappa shape index (κ2) is 3.15. The molecule has 0 aromatic rings. The van der Waals surface area contributed by atoms with Gasteiger partial charge in [-0.1, -0.05) is 32.1 Å². The summed E-state index contributed by atoms with van der Waals surface area (Å²) in [7, 11) is -0.221. The van der Waals surface area contributed by atoms with Crippen LogP contribution in [0.5, 0.6) is 0 Å². The molecule has 0 aromatic carbocycles. The lowest BCUT2D eigenvalue weighted by atomic mass is 9.87. The van der Waals surface area contributed by atoms with Crippen molar-refractivity contribution >= 4 is 8.80 Å². The van der Waals surface area contributed by atoms with Gasteiger partial charge < -0.3 is 4.74 Å². The van der Waals surface area contributed by atoms with Gasteiger partial charge in [-0.3, -0.25) is 0 Å². The van der Waals surface area contributed by atoms with Crippen molar-refractivity contribution in [2.45, 2.75) is 50.4 Å². The highest BCUT2D eigenvalue weighted by Gasteiger charge is 2.44. The van der Waals surface area contributed by atoms with E-state index in [0.717, 1.165) is 12.5 Å². The summed E-state index contributed by atoms with van der Waals surface area (Å²) in [6, 6.07) is 0. The lowest BCUT2D eigenvalue weighted by Crippen LogP contribution is -2.38. The fourth-order valence-electron chi connectivity index (χ4n) is 2.58. The van der Waals surface area contributed by atoms with Crippen molar-refractivity contribution < 1.29 is 4.74 Å². The summed E-state index contributed by atoms with van der Waals surface area (Å²) in [5.41, 5.74) is 0. The Morgan fingerprint density at radius 1 is 1.17 bits per heavy atom. The third-order valence-electron chi connectivity index (χ3n) is 3.57. The molecule has 0 amide bonds. The van der Waals surface area contributed by atoms with Gasteiger partial charge >= 0.3 is 0 Å². The maximum Gasteiger partial charge on any atom is 0.0408 e. The van der Waals surface area contributed by atoms with Crippen LogP contribution < -0.4 is 0 Å². The Hall–Kier alpha value is 0.177. The molecule has 1 atom stereocenters. The maximum atomic E-state index is 5.74. The second-order valence-electron chi connectivity index (χ2n) is 4.51. The third-order valence-corrected chi connectivity index (χ3v) is 5.96. The van der Waals surface area contributed by atoms with E-state index in [-0.39, 0.29) is 8.80 Å². The number of hydrogen-bond acceptors (Lipinski definition) is 1. The summed E-state index contributed by atoms with van der Waals surface area (Å²) in [4.78, 5) is 0. The molecule has 1 unspecified atom stereocenters. The number of rotatable bonds is 2. The maximum absolute atomic E-state index is 5.74. The van der Waals surface area contributed by atoms with Crippen LogP contribution in [0.2, 0.25) is 13.1 Å². The normalized spacial score (nSPS) is 37.2. The van der Waals surface area contributed by atoms with Gasteiger partial charge in [-0.25, -0.2) is 8.80 Å². The molecular formula is C10H19OSi-. The van der Waals surface area contributed by atoms with Crippen LogP contribution in [0.25, 0.3) is 0 Å². The smallest absolute Gasteiger partial charge is 0.0408 e. The Labute approximate surface area is 77.1 Å². The minimum absolute atomic E-state index is 0.221. The third kappa shape index (κ3) is 1.35. The lowest BCUT2D eigenvalue weighted by Gasteiger charge is -2.37. The molecule has 2 aliphatic rings. The molecule has 1 aliphatic carbocycles. The first kappa shape index (κ1) is 8.76. The molecular weight excluding hydrogens is 164 g/mol. The van der Waals surface area contributed by atoms with Crippen LogP contribution in [-0.4, -0.2) is 20.6 Å². The molecule has 0 spiro atoms. The highest BCUT2D eigenvalue weighted by atomic mass is 28.3. The van der Waals surface area contributed by atoms with E-state index in [1.54, 1.807) is 0 Å². The zero-order chi connectivity index (χ0) is 8.60. The molecule has 0 bridgehead atoms. The fourth-order valence-corrected chi connectivity index (χ4v) is 4.33. The number of epoxide rings is 1. The molecule has 1 heterocycles. The molecule has 70 valence electrons. The molecule has 1 saturated heterocycles. The van der Waals surface area contributed by atoms with E-state index in [2.05, 4.69) is 13.1 Å². The van der Waals surface area contributed by atoms with Crippen LogP contribution >= 0.6 is 0 Å². The average Bonchev–Trinajstić information content (AvgIpc) is 2.86. The summed E-state index contributed by atoms with van der Waals surface area (Å²) in [6.07, 6.45) is 7.24. The van der Waals surface area contributed by atoms with Gasteiger partial charge in [0.15, 0.2) is 0 Å². The average molecular weight is 183 g/mol. The summed E-state index contributed by atoms with van der Waals surface area (Å²) < 4.78 is 5.74. The van der Waals surface area contributed by atoms with Gasteiger partial charge in [0.05, 0.1) is 0 Å². The Balaban J connectivity index is 1.97. The molecule has 2 heteroatoms. The fraction of sp³-hybridized carbons (Fsp3) is 1.00. The molecule has 2 fully saturated rings. The van der Waals surface area contributed by atoms with Crippen molar-refractivity contribution in [2.24, 2.45) is 5.92 Å². The highest BCUT2D eigenvalue weighted by Crippen LogP contribution is 2.44. The summed E-state index contributed by atoms with van der Waals surface area (Å²) >= 11 is 0. The van der Waals surface area contributed by atoms with Crippen molar-refractivity contribution in [1.82, 2.24) is 0 Å². The van der Waals surface area contributed by atoms with Crippen molar-refractivity contribution in [3.8, 4) is 0 Å². The van der Waals surface area contributed by atoms with Gasteiger partial charge in [-0.2, -0.15) is 13.1 Å². The molecule has 12 heavy (non-hydrogen) atoms. The van der Waals surface area contributed by atoms with Crippen molar-refractivity contribution in [3.05, 3.63) is 0 Å². The number of hydrogen-bond donors (Lipinski definition) is 0. The Morgan fingerprint density at radius 2 is 1.75 bits per heavy atom. The summed E-state index contributed by atoms with van der Waals surface area (Å²) in [6.45, 7) is 5.90. The minimum Gasteiger partial charge on any atom is -0.409 e. The van der Waals surface area contributed by atoms with Crippen LogP contribution in [0.15, 0.2) is 0 Å². The first-order chi connectivity index (χ1) is 5.76. The van der Waals surface area contributed by atoms with Crippen LogP contribution in [0.4, 0.5) is 0 Å². The van der Waals surface area contributed by atoms with Crippen molar-refractivity contribution in [3.63, 3.8) is 0 Å². The second-order valence-corrected chi connectivity index (χ2v) is 7.36. The van der Waals surface area contributed by atoms with Gasteiger partial charge in [0.2, 0.25) is 0 Å². The van der Waals surface area contributed by atoms with E-state index in [1.807, 2.05) is 0 Å². The van der Waals surface area contributed by atoms with E-state index in [9.17, 15) is 0 Å². The predicted octanol–water partition coefficient (Wildman–Crippen LogP) is 2.63. The van der Waals surface area contributed by atoms with E-state index >= 15 is 0 Å². The predicted molar refractivity (Wildman–Crippen MR) is 52.7 cm³/mol. The topological polar surface area (TPSA) is 12.5 Å². The van der Waals surface area contributed by atoms with Crippen LogP contribution in [0.3, 0.4) is 0 Å². The van der Waals surface area contributed by atoms with Crippen LogP contribution in [0.1, 0.15) is 32.1 Å². The summed E-state index contributed by atoms with van der Waals surface area (Å²) in [5.74, 6) is 0.926. The Morgan fingerprint density at radius 3 is 2.17 bits per heavy atom. The quantitative estimate of drug-likeness (QED) is 0.473. The highest BCUT2D eigenvalue weighted by molar-refractivity contribution is 6.60. The monoisotopic (exact) mass is 183 g/mol. The first-order valence-corrected chi connectivity index (χ1v) is 7.70. The summed E-state index contributed by atoms with van der Waals surface area (Å²) in [5, 5.41) is 0.422. The van der Waals surface area contributed by atoms with E-state index < -0.39 is 0 Å². The van der Waals surface area contributed by atoms with Gasteiger partial charge in [0.1, 0.15) is 0 Å². The molecule has 0 N–H and O–H groups in total. The molecule has 1 aliphatic heterocycles. The number of ether oxygens (including phenoxy) is 1. The van der Waals surface area contributed by atoms with E-state index in [1.165, 1.54) is 32.1 Å². The van der Waals surface area contributed by atoms with Gasteiger partial charge in [-0.15, -0.1) is 0 Å². The van der Waals surface area contributed by atoms with E-state index in [0.29, 0.717) is 5.22 Å². The Bertz CT molecular complexity index is 157. The largest absolute Gasteiger partial charge is 0.409 e.